The molecule has 0 saturated carbocycles. The van der Waals surface area contributed by atoms with Crippen molar-refractivity contribution in [1.29, 1.82) is 0 Å². The molecule has 10 heteroatoms. The maximum absolute atomic E-state index is 12.7. The molecule has 2 heterocycles. The molecule has 4 aromatic rings. The largest absolute Gasteiger partial charge is 0.487 e. The van der Waals surface area contributed by atoms with Gasteiger partial charge in [0.05, 0.1) is 17.1 Å². The van der Waals surface area contributed by atoms with Gasteiger partial charge in [0.25, 0.3) is 5.91 Å². The molecule has 31 heavy (non-hydrogen) atoms. The quantitative estimate of drug-likeness (QED) is 0.429. The van der Waals surface area contributed by atoms with Crippen LogP contribution in [0.25, 0.3) is 0 Å². The van der Waals surface area contributed by atoms with E-state index in [1.54, 1.807) is 41.9 Å². The number of hydrogen-bond donors (Lipinski definition) is 1. The van der Waals surface area contributed by atoms with Crippen LogP contribution in [0.1, 0.15) is 27.4 Å². The van der Waals surface area contributed by atoms with Crippen molar-refractivity contribution in [3.05, 3.63) is 87.5 Å². The molecule has 1 N–H and O–H groups in total. The number of amides is 1. The molecular weight excluding hydrogens is 441 g/mol. The number of rotatable bonds is 7. The lowest BCUT2D eigenvalue weighted by Gasteiger charge is -2.08. The zero-order chi connectivity index (χ0) is 21.8. The minimum absolute atomic E-state index is 0.0657. The molecule has 0 bridgehead atoms. The summed E-state index contributed by atoms with van der Waals surface area (Å²) in [6.45, 7) is 2.18. The predicted molar refractivity (Wildman–Crippen MR) is 116 cm³/mol. The Morgan fingerprint density at radius 1 is 1.13 bits per heavy atom. The van der Waals surface area contributed by atoms with Crippen molar-refractivity contribution in [3.8, 4) is 5.75 Å². The lowest BCUT2D eigenvalue weighted by Crippen LogP contribution is -2.16. The lowest BCUT2D eigenvalue weighted by atomic mass is 10.2. The van der Waals surface area contributed by atoms with E-state index in [1.165, 1.54) is 6.33 Å². The monoisotopic (exact) mass is 457 g/mol. The van der Waals surface area contributed by atoms with Crippen molar-refractivity contribution < 1.29 is 14.1 Å². The van der Waals surface area contributed by atoms with Crippen molar-refractivity contribution in [3.63, 3.8) is 0 Å². The Kier molecular flexibility index (Phi) is 6.20. The molecule has 0 fully saturated rings. The second-order valence-electron chi connectivity index (χ2n) is 6.60. The van der Waals surface area contributed by atoms with E-state index >= 15 is 0 Å². The standard InChI is InChI=1S/C21H17Cl2N5O3/c1-13-15(11-30-18-9-5-4-8-17(18)23)19(27-31-13)20(29)25-21-24-12-28(26-21)10-14-6-2-3-7-16(14)22/h2-9,12H,10-11H2,1H3,(H,25,26,29). The van der Waals surface area contributed by atoms with E-state index in [9.17, 15) is 4.79 Å². The summed E-state index contributed by atoms with van der Waals surface area (Å²) < 4.78 is 12.5. The van der Waals surface area contributed by atoms with Crippen molar-refractivity contribution in [1.82, 2.24) is 19.9 Å². The number of halogens is 2. The van der Waals surface area contributed by atoms with Gasteiger partial charge in [0.2, 0.25) is 5.95 Å². The molecule has 0 aliphatic heterocycles. The third kappa shape index (κ3) is 4.87. The summed E-state index contributed by atoms with van der Waals surface area (Å²) in [4.78, 5) is 16.8. The number of aromatic nitrogens is 4. The molecule has 4 rings (SSSR count). The lowest BCUT2D eigenvalue weighted by molar-refractivity contribution is 0.101. The average molecular weight is 458 g/mol. The molecule has 0 atom stereocenters. The summed E-state index contributed by atoms with van der Waals surface area (Å²) in [6.07, 6.45) is 1.51. The topological polar surface area (TPSA) is 95.1 Å². The van der Waals surface area contributed by atoms with Gasteiger partial charge in [-0.3, -0.25) is 10.1 Å². The van der Waals surface area contributed by atoms with E-state index in [0.717, 1.165) is 5.56 Å². The zero-order valence-corrected chi connectivity index (χ0v) is 17.9. The predicted octanol–water partition coefficient (Wildman–Crippen LogP) is 4.76. The van der Waals surface area contributed by atoms with Gasteiger partial charge in [-0.1, -0.05) is 58.7 Å². The fourth-order valence-electron chi connectivity index (χ4n) is 2.84. The first kappa shape index (κ1) is 20.9. The van der Waals surface area contributed by atoms with E-state index in [1.807, 2.05) is 18.2 Å². The molecule has 0 aliphatic rings. The molecule has 0 unspecified atom stereocenters. The first-order valence-electron chi connectivity index (χ1n) is 9.28. The highest BCUT2D eigenvalue weighted by atomic mass is 35.5. The van der Waals surface area contributed by atoms with Crippen LogP contribution in [0.3, 0.4) is 0 Å². The molecule has 0 saturated heterocycles. The number of nitrogens with zero attached hydrogens (tertiary/aromatic N) is 4. The fraction of sp³-hybridized carbons (Fsp3) is 0.143. The summed E-state index contributed by atoms with van der Waals surface area (Å²) in [5.41, 5.74) is 1.48. The molecule has 0 radical (unpaired) electrons. The maximum atomic E-state index is 12.7. The molecule has 0 spiro atoms. The molecule has 158 valence electrons. The second kappa shape index (κ2) is 9.20. The zero-order valence-electron chi connectivity index (χ0n) is 16.4. The van der Waals surface area contributed by atoms with Crippen molar-refractivity contribution in [2.75, 3.05) is 5.32 Å². The highest BCUT2D eigenvalue weighted by molar-refractivity contribution is 6.32. The number of anilines is 1. The van der Waals surface area contributed by atoms with E-state index in [-0.39, 0.29) is 18.2 Å². The minimum atomic E-state index is -0.509. The van der Waals surface area contributed by atoms with Gasteiger partial charge in [-0.25, -0.2) is 9.67 Å². The molecule has 8 nitrogen and oxygen atoms in total. The van der Waals surface area contributed by atoms with E-state index in [4.69, 9.17) is 32.5 Å². The Balaban J connectivity index is 1.44. The first-order valence-corrected chi connectivity index (χ1v) is 10.0. The third-order valence-electron chi connectivity index (χ3n) is 4.46. The van der Waals surface area contributed by atoms with Gasteiger partial charge in [-0.05, 0) is 30.7 Å². The number of carbonyl (C=O) groups is 1. The van der Waals surface area contributed by atoms with Crippen LogP contribution in [-0.2, 0) is 13.2 Å². The SMILES string of the molecule is Cc1onc(C(=O)Nc2ncn(Cc3ccccc3Cl)n2)c1COc1ccccc1Cl. The summed E-state index contributed by atoms with van der Waals surface area (Å²) in [5, 5.41) is 11.8. The number of aryl methyl sites for hydroxylation is 1. The van der Waals surface area contributed by atoms with Crippen molar-refractivity contribution >= 4 is 35.1 Å². The van der Waals surface area contributed by atoms with Gasteiger partial charge >= 0.3 is 0 Å². The Labute approximate surface area is 187 Å². The normalized spacial score (nSPS) is 10.8. The van der Waals surface area contributed by atoms with Crippen LogP contribution in [-0.4, -0.2) is 25.8 Å². The Hall–Kier alpha value is -3.36. The minimum Gasteiger partial charge on any atom is -0.487 e. The van der Waals surface area contributed by atoms with Crippen molar-refractivity contribution in [2.45, 2.75) is 20.1 Å². The molecule has 2 aromatic carbocycles. The Bertz CT molecular complexity index is 1220. The molecule has 2 aromatic heterocycles. The van der Waals surface area contributed by atoms with Crippen LogP contribution in [0, 0.1) is 6.92 Å². The number of para-hydroxylation sites is 1. The maximum Gasteiger partial charge on any atom is 0.280 e. The van der Waals surface area contributed by atoms with Gasteiger partial charge in [0.1, 0.15) is 24.4 Å². The van der Waals surface area contributed by atoms with Crippen LogP contribution in [0.15, 0.2) is 59.4 Å². The summed E-state index contributed by atoms with van der Waals surface area (Å²) in [6, 6.07) is 14.5. The van der Waals surface area contributed by atoms with Crippen LogP contribution >= 0.6 is 23.2 Å². The Morgan fingerprint density at radius 2 is 1.87 bits per heavy atom. The van der Waals surface area contributed by atoms with Crippen LogP contribution < -0.4 is 10.1 Å². The average Bonchev–Trinajstić information content (AvgIpc) is 3.35. The van der Waals surface area contributed by atoms with Crippen molar-refractivity contribution in [2.24, 2.45) is 0 Å². The van der Waals surface area contributed by atoms with E-state index in [2.05, 4.69) is 20.6 Å². The van der Waals surface area contributed by atoms with Crippen LogP contribution in [0.2, 0.25) is 10.0 Å². The summed E-state index contributed by atoms with van der Waals surface area (Å²) in [7, 11) is 0. The highest BCUT2D eigenvalue weighted by Gasteiger charge is 2.22. The van der Waals surface area contributed by atoms with E-state index in [0.29, 0.717) is 33.7 Å². The number of carbonyl (C=O) groups excluding carboxylic acids is 1. The number of ether oxygens (including phenoxy) is 1. The summed E-state index contributed by atoms with van der Waals surface area (Å²) in [5.74, 6) is 0.589. The van der Waals surface area contributed by atoms with Gasteiger partial charge in [-0.15, -0.1) is 5.10 Å². The van der Waals surface area contributed by atoms with E-state index < -0.39 is 5.91 Å². The first-order chi connectivity index (χ1) is 15.0. The number of nitrogens with one attached hydrogen (secondary N) is 1. The molecule has 0 aliphatic carbocycles. The summed E-state index contributed by atoms with van der Waals surface area (Å²) >= 11 is 12.3. The smallest absolute Gasteiger partial charge is 0.280 e. The van der Waals surface area contributed by atoms with Crippen LogP contribution in [0.5, 0.6) is 5.75 Å². The molecular formula is C21H17Cl2N5O3. The second-order valence-corrected chi connectivity index (χ2v) is 7.41. The fourth-order valence-corrected chi connectivity index (χ4v) is 3.23. The van der Waals surface area contributed by atoms with Gasteiger partial charge < -0.3 is 9.26 Å². The highest BCUT2D eigenvalue weighted by Crippen LogP contribution is 2.25. The van der Waals surface area contributed by atoms with Gasteiger partial charge in [0, 0.05) is 5.02 Å². The van der Waals surface area contributed by atoms with Crippen LogP contribution in [0.4, 0.5) is 5.95 Å². The number of benzene rings is 2. The van der Waals surface area contributed by atoms with Gasteiger partial charge in [-0.2, -0.15) is 0 Å². The third-order valence-corrected chi connectivity index (χ3v) is 5.14. The molecule has 1 amide bonds. The Morgan fingerprint density at radius 3 is 2.65 bits per heavy atom. The van der Waals surface area contributed by atoms with Gasteiger partial charge in [0.15, 0.2) is 5.69 Å². The number of hydrogen-bond acceptors (Lipinski definition) is 6.